The van der Waals surface area contributed by atoms with Gasteiger partial charge in [-0.05, 0) is 12.5 Å². The zero-order valence-electron chi connectivity index (χ0n) is 8.39. The fraction of sp³-hybridized carbons (Fsp3) is 0.300. The highest BCUT2D eigenvalue weighted by Gasteiger charge is 2.07. The zero-order chi connectivity index (χ0) is 10.7. The monoisotopic (exact) mass is 222 g/mol. The van der Waals surface area contributed by atoms with Crippen LogP contribution in [0.4, 0.5) is 0 Å². The maximum atomic E-state index is 6.05. The number of aromatic nitrogens is 4. The second-order valence-corrected chi connectivity index (χ2v) is 3.57. The number of aryl methyl sites for hydroxylation is 1. The molecule has 0 saturated heterocycles. The molecule has 2 rings (SSSR count). The predicted octanol–water partition coefficient (Wildman–Crippen LogP) is 2.27. The van der Waals surface area contributed by atoms with Crippen LogP contribution >= 0.6 is 11.6 Å². The number of rotatable bonds is 3. The maximum absolute atomic E-state index is 6.05. The molecular formula is C10H11ClN4. The van der Waals surface area contributed by atoms with E-state index in [-0.39, 0.29) is 0 Å². The van der Waals surface area contributed by atoms with Crippen molar-refractivity contribution in [2.45, 2.75) is 19.8 Å². The van der Waals surface area contributed by atoms with Crippen LogP contribution in [0.25, 0.3) is 5.82 Å². The van der Waals surface area contributed by atoms with Gasteiger partial charge >= 0.3 is 0 Å². The summed E-state index contributed by atoms with van der Waals surface area (Å²) in [6.07, 6.45) is 6.84. The highest BCUT2D eigenvalue weighted by Crippen LogP contribution is 2.15. The third kappa shape index (κ3) is 2.15. The molecule has 0 aromatic carbocycles. The highest BCUT2D eigenvalue weighted by molar-refractivity contribution is 6.29. The first-order valence-corrected chi connectivity index (χ1v) is 5.20. The number of halogens is 1. The van der Waals surface area contributed by atoms with Gasteiger partial charge in [0, 0.05) is 12.4 Å². The molecule has 0 bridgehead atoms. The minimum atomic E-state index is 0.568. The van der Waals surface area contributed by atoms with Gasteiger partial charge in [0.2, 0.25) is 0 Å². The first kappa shape index (κ1) is 10.1. The minimum Gasteiger partial charge on any atom is -0.259 e. The van der Waals surface area contributed by atoms with E-state index in [1.165, 1.54) is 0 Å². The van der Waals surface area contributed by atoms with Gasteiger partial charge in [-0.25, -0.2) is 9.67 Å². The van der Waals surface area contributed by atoms with E-state index >= 15 is 0 Å². The third-order valence-electron chi connectivity index (χ3n) is 1.99. The van der Waals surface area contributed by atoms with E-state index in [4.69, 9.17) is 11.6 Å². The first-order valence-electron chi connectivity index (χ1n) is 4.82. The van der Waals surface area contributed by atoms with Crippen molar-refractivity contribution >= 4 is 11.6 Å². The van der Waals surface area contributed by atoms with Crippen molar-refractivity contribution in [1.29, 1.82) is 0 Å². The molecule has 0 aliphatic carbocycles. The van der Waals surface area contributed by atoms with Gasteiger partial charge in [0.15, 0.2) is 5.82 Å². The number of nitrogens with zero attached hydrogens (tertiary/aromatic N) is 4. The minimum absolute atomic E-state index is 0.568. The van der Waals surface area contributed by atoms with Crippen LogP contribution in [0.2, 0.25) is 5.15 Å². The maximum Gasteiger partial charge on any atom is 0.173 e. The van der Waals surface area contributed by atoms with Gasteiger partial charge in [0.1, 0.15) is 5.15 Å². The van der Waals surface area contributed by atoms with Crippen molar-refractivity contribution in [1.82, 2.24) is 19.7 Å². The summed E-state index contributed by atoms with van der Waals surface area (Å²) >= 11 is 6.05. The summed E-state index contributed by atoms with van der Waals surface area (Å²) in [6.45, 7) is 2.11. The molecule has 4 nitrogen and oxygen atoms in total. The van der Waals surface area contributed by atoms with Gasteiger partial charge in [-0.1, -0.05) is 24.9 Å². The zero-order valence-corrected chi connectivity index (χ0v) is 9.15. The van der Waals surface area contributed by atoms with Gasteiger partial charge in [0.05, 0.1) is 11.9 Å². The Morgan fingerprint density at radius 3 is 2.93 bits per heavy atom. The van der Waals surface area contributed by atoms with Gasteiger partial charge in [0.25, 0.3) is 0 Å². The lowest BCUT2D eigenvalue weighted by molar-refractivity contribution is 0.786. The van der Waals surface area contributed by atoms with E-state index in [1.807, 2.05) is 6.07 Å². The molecule has 2 aromatic rings. The predicted molar refractivity (Wildman–Crippen MR) is 58.2 cm³/mol. The Kier molecular flexibility index (Phi) is 2.97. The van der Waals surface area contributed by atoms with Crippen molar-refractivity contribution in [3.63, 3.8) is 0 Å². The van der Waals surface area contributed by atoms with Crippen LogP contribution in [0.3, 0.4) is 0 Å². The van der Waals surface area contributed by atoms with E-state index in [1.54, 1.807) is 23.3 Å². The van der Waals surface area contributed by atoms with E-state index in [0.717, 1.165) is 18.5 Å². The highest BCUT2D eigenvalue weighted by atomic mass is 35.5. The van der Waals surface area contributed by atoms with E-state index in [2.05, 4.69) is 22.0 Å². The summed E-state index contributed by atoms with van der Waals surface area (Å²) in [4.78, 5) is 8.11. The molecule has 2 heterocycles. The van der Waals surface area contributed by atoms with Crippen molar-refractivity contribution in [3.8, 4) is 5.82 Å². The topological polar surface area (TPSA) is 43.6 Å². The van der Waals surface area contributed by atoms with Crippen LogP contribution in [0.5, 0.6) is 0 Å². The molecule has 0 spiro atoms. The van der Waals surface area contributed by atoms with E-state index < -0.39 is 0 Å². The fourth-order valence-corrected chi connectivity index (χ4v) is 1.59. The van der Waals surface area contributed by atoms with Gasteiger partial charge in [-0.3, -0.25) is 4.98 Å². The van der Waals surface area contributed by atoms with E-state index in [0.29, 0.717) is 11.0 Å². The second-order valence-electron chi connectivity index (χ2n) is 3.18. The Morgan fingerprint density at radius 1 is 1.40 bits per heavy atom. The van der Waals surface area contributed by atoms with Crippen LogP contribution in [0.15, 0.2) is 24.7 Å². The molecule has 0 aliphatic heterocycles. The van der Waals surface area contributed by atoms with Crippen LogP contribution in [0.1, 0.15) is 19.0 Å². The first-order chi connectivity index (χ1) is 7.31. The van der Waals surface area contributed by atoms with Crippen LogP contribution in [-0.2, 0) is 6.42 Å². The summed E-state index contributed by atoms with van der Waals surface area (Å²) in [5.74, 6) is 0.643. The lowest BCUT2D eigenvalue weighted by atomic mass is 10.3. The van der Waals surface area contributed by atoms with Crippen molar-refractivity contribution in [2.24, 2.45) is 0 Å². The van der Waals surface area contributed by atoms with Crippen molar-refractivity contribution in [3.05, 3.63) is 35.5 Å². The molecule has 0 radical (unpaired) electrons. The summed E-state index contributed by atoms with van der Waals surface area (Å²) in [7, 11) is 0. The Balaban J connectivity index is 2.36. The Morgan fingerprint density at radius 2 is 2.27 bits per heavy atom. The fourth-order valence-electron chi connectivity index (χ4n) is 1.34. The summed E-state index contributed by atoms with van der Waals surface area (Å²) < 4.78 is 1.60. The molecule has 0 unspecified atom stereocenters. The number of hydrogen-bond acceptors (Lipinski definition) is 3. The van der Waals surface area contributed by atoms with Crippen LogP contribution < -0.4 is 0 Å². The van der Waals surface area contributed by atoms with Gasteiger partial charge in [-0.2, -0.15) is 5.10 Å². The Labute approximate surface area is 92.9 Å². The molecule has 0 saturated carbocycles. The average molecular weight is 223 g/mol. The smallest absolute Gasteiger partial charge is 0.173 e. The average Bonchev–Trinajstić information content (AvgIpc) is 2.61. The summed E-state index contributed by atoms with van der Waals surface area (Å²) in [5.41, 5.74) is 0.980. The molecule has 78 valence electrons. The Bertz CT molecular complexity index is 438. The lowest BCUT2D eigenvalue weighted by Gasteiger charge is -1.99. The normalized spacial score (nSPS) is 10.5. The molecule has 0 atom stereocenters. The second kappa shape index (κ2) is 4.40. The van der Waals surface area contributed by atoms with Crippen LogP contribution in [0, 0.1) is 0 Å². The molecule has 5 heteroatoms. The molecule has 0 amide bonds. The summed E-state index contributed by atoms with van der Waals surface area (Å²) in [5, 5.41) is 4.92. The van der Waals surface area contributed by atoms with Crippen molar-refractivity contribution < 1.29 is 0 Å². The lowest BCUT2D eigenvalue weighted by Crippen LogP contribution is -2.00. The largest absolute Gasteiger partial charge is 0.259 e. The molecule has 2 aromatic heterocycles. The summed E-state index contributed by atoms with van der Waals surface area (Å²) in [6, 6.07) is 1.86. The molecule has 0 N–H and O–H groups in total. The molecule has 15 heavy (non-hydrogen) atoms. The van der Waals surface area contributed by atoms with Crippen LogP contribution in [-0.4, -0.2) is 19.7 Å². The van der Waals surface area contributed by atoms with E-state index in [9.17, 15) is 0 Å². The number of hydrogen-bond donors (Lipinski definition) is 0. The molecule has 0 aliphatic rings. The SMILES string of the molecule is CCCc1cc(Cl)n(-c2cnccn2)n1. The third-order valence-corrected chi connectivity index (χ3v) is 2.26. The van der Waals surface area contributed by atoms with Gasteiger partial charge < -0.3 is 0 Å². The standard InChI is InChI=1S/C10H11ClN4/c1-2-3-8-6-9(11)15(14-8)10-7-12-4-5-13-10/h4-7H,2-3H2,1H3. The van der Waals surface area contributed by atoms with Gasteiger partial charge in [-0.15, -0.1) is 0 Å². The Hall–Kier alpha value is -1.42. The molecule has 0 fully saturated rings. The molecular weight excluding hydrogens is 212 g/mol. The quantitative estimate of drug-likeness (QED) is 0.800. The van der Waals surface area contributed by atoms with Crippen molar-refractivity contribution in [2.75, 3.05) is 0 Å².